The molecule has 0 aromatic heterocycles. The van der Waals surface area contributed by atoms with Crippen molar-refractivity contribution in [3.63, 3.8) is 0 Å². The van der Waals surface area contributed by atoms with Crippen molar-refractivity contribution in [2.24, 2.45) is 0 Å². The van der Waals surface area contributed by atoms with E-state index in [1.165, 1.54) is 0 Å². The molecule has 1 aromatic carbocycles. The first-order valence-corrected chi connectivity index (χ1v) is 6.48. The van der Waals surface area contributed by atoms with Gasteiger partial charge in [0.25, 0.3) is 0 Å². The third-order valence-corrected chi connectivity index (χ3v) is 2.74. The molecule has 0 bridgehead atoms. The summed E-state index contributed by atoms with van der Waals surface area (Å²) in [4.78, 5) is 0. The van der Waals surface area contributed by atoms with Crippen molar-refractivity contribution in [2.75, 3.05) is 26.9 Å². The Morgan fingerprint density at radius 1 is 1.35 bits per heavy atom. The second-order valence-corrected chi connectivity index (χ2v) is 3.88. The Bertz CT molecular complexity index is 353. The topological polar surface area (TPSA) is 27.7 Å². The number of alkyl halides is 1. The van der Waals surface area contributed by atoms with Crippen LogP contribution in [0.25, 0.3) is 0 Å². The summed E-state index contributed by atoms with van der Waals surface area (Å²) >= 11 is 3.43. The largest absolute Gasteiger partial charge is 0.497 e. The van der Waals surface area contributed by atoms with Crippen LogP contribution >= 0.6 is 15.9 Å². The zero-order valence-corrected chi connectivity index (χ0v) is 11.5. The fourth-order valence-corrected chi connectivity index (χ4v) is 1.74. The zero-order valence-electron chi connectivity index (χ0n) is 9.95. The number of ether oxygens (including phenoxy) is 3. The van der Waals surface area contributed by atoms with E-state index in [0.717, 1.165) is 22.4 Å². The molecule has 0 radical (unpaired) electrons. The van der Waals surface area contributed by atoms with E-state index in [1.54, 1.807) is 13.2 Å². The summed E-state index contributed by atoms with van der Waals surface area (Å²) in [6.07, 6.45) is 1.72. The van der Waals surface area contributed by atoms with Gasteiger partial charge in [-0.2, -0.15) is 0 Å². The molecule has 1 rings (SSSR count). The lowest BCUT2D eigenvalue weighted by molar-refractivity contribution is 0.121. The van der Waals surface area contributed by atoms with Crippen molar-refractivity contribution in [1.82, 2.24) is 0 Å². The van der Waals surface area contributed by atoms with Gasteiger partial charge < -0.3 is 14.2 Å². The fraction of sp³-hybridized carbons (Fsp3) is 0.385. The minimum Gasteiger partial charge on any atom is -0.497 e. The van der Waals surface area contributed by atoms with Crippen LogP contribution in [0.3, 0.4) is 0 Å². The van der Waals surface area contributed by atoms with Gasteiger partial charge in [0.05, 0.1) is 20.3 Å². The van der Waals surface area contributed by atoms with Gasteiger partial charge in [0, 0.05) is 10.9 Å². The predicted octanol–water partition coefficient (Wildman–Crippen LogP) is 3.17. The molecule has 0 atom stereocenters. The molecule has 0 heterocycles. The molecule has 4 heteroatoms. The molecule has 0 unspecified atom stereocenters. The van der Waals surface area contributed by atoms with Crippen LogP contribution in [0, 0.1) is 0 Å². The van der Waals surface area contributed by atoms with Gasteiger partial charge in [0.1, 0.15) is 18.1 Å². The van der Waals surface area contributed by atoms with Gasteiger partial charge in [-0.1, -0.05) is 22.0 Å². The average Bonchev–Trinajstić information content (AvgIpc) is 2.38. The van der Waals surface area contributed by atoms with Gasteiger partial charge in [0.2, 0.25) is 0 Å². The van der Waals surface area contributed by atoms with E-state index in [-0.39, 0.29) is 0 Å². The molecule has 0 N–H and O–H groups in total. The first-order valence-electron chi connectivity index (χ1n) is 5.36. The third kappa shape index (κ3) is 4.79. The first-order chi connectivity index (χ1) is 8.31. The molecule has 0 aliphatic carbocycles. The van der Waals surface area contributed by atoms with Gasteiger partial charge in [-0.15, -0.1) is 6.58 Å². The molecule has 0 saturated carbocycles. The van der Waals surface area contributed by atoms with Gasteiger partial charge in [-0.25, -0.2) is 0 Å². The highest BCUT2D eigenvalue weighted by molar-refractivity contribution is 9.08. The molecular weight excluding hydrogens is 284 g/mol. The molecule has 0 aliphatic rings. The number of hydrogen-bond donors (Lipinski definition) is 0. The summed E-state index contributed by atoms with van der Waals surface area (Å²) in [5.74, 6) is 1.68. The highest BCUT2D eigenvalue weighted by Crippen LogP contribution is 2.26. The molecular formula is C13H17BrO3. The normalized spacial score (nSPS) is 10.0. The summed E-state index contributed by atoms with van der Waals surface area (Å²) < 4.78 is 16.0. The van der Waals surface area contributed by atoms with Crippen LogP contribution in [0.2, 0.25) is 0 Å². The van der Waals surface area contributed by atoms with E-state index in [1.807, 2.05) is 18.2 Å². The van der Waals surface area contributed by atoms with Crippen LogP contribution in [0.15, 0.2) is 30.9 Å². The second kappa shape index (κ2) is 8.14. The lowest BCUT2D eigenvalue weighted by atomic mass is 10.2. The lowest BCUT2D eigenvalue weighted by Gasteiger charge is -2.11. The van der Waals surface area contributed by atoms with E-state index in [9.17, 15) is 0 Å². The SMILES string of the molecule is C=CCOCCOc1ccc(OC)cc1CBr. The van der Waals surface area contributed by atoms with Crippen molar-refractivity contribution in [2.45, 2.75) is 5.33 Å². The van der Waals surface area contributed by atoms with E-state index in [4.69, 9.17) is 14.2 Å². The lowest BCUT2D eigenvalue weighted by Crippen LogP contribution is -2.07. The molecule has 94 valence electrons. The van der Waals surface area contributed by atoms with Crippen LogP contribution in [0.5, 0.6) is 11.5 Å². The Balaban J connectivity index is 2.49. The molecule has 0 fully saturated rings. The second-order valence-electron chi connectivity index (χ2n) is 3.32. The third-order valence-electron chi connectivity index (χ3n) is 2.13. The minimum absolute atomic E-state index is 0.528. The number of hydrogen-bond acceptors (Lipinski definition) is 3. The number of methoxy groups -OCH3 is 1. The van der Waals surface area contributed by atoms with Crippen LogP contribution in [-0.2, 0) is 10.1 Å². The molecule has 0 amide bonds. The van der Waals surface area contributed by atoms with Crippen LogP contribution in [0.4, 0.5) is 0 Å². The zero-order chi connectivity index (χ0) is 12.5. The summed E-state index contributed by atoms with van der Waals surface area (Å²) in [6, 6.07) is 5.74. The van der Waals surface area contributed by atoms with Crippen LogP contribution in [0.1, 0.15) is 5.56 Å². The number of rotatable bonds is 8. The summed E-state index contributed by atoms with van der Waals surface area (Å²) in [7, 11) is 1.65. The average molecular weight is 301 g/mol. The standard InChI is InChI=1S/C13H17BrO3/c1-3-6-16-7-8-17-13-5-4-12(15-2)9-11(13)10-14/h3-5,9H,1,6-8,10H2,2H3. The molecule has 3 nitrogen and oxygen atoms in total. The van der Waals surface area contributed by atoms with E-state index in [0.29, 0.717) is 19.8 Å². The molecule has 1 aromatic rings. The Morgan fingerprint density at radius 3 is 2.82 bits per heavy atom. The van der Waals surface area contributed by atoms with Crippen molar-refractivity contribution in [3.8, 4) is 11.5 Å². The summed E-state index contributed by atoms with van der Waals surface area (Å²) in [5, 5.41) is 0.729. The van der Waals surface area contributed by atoms with Crippen molar-refractivity contribution >= 4 is 15.9 Å². The van der Waals surface area contributed by atoms with Crippen molar-refractivity contribution in [3.05, 3.63) is 36.4 Å². The maximum Gasteiger partial charge on any atom is 0.123 e. The number of benzene rings is 1. The molecule has 0 aliphatic heterocycles. The maximum atomic E-state index is 5.63. The fourth-order valence-electron chi connectivity index (χ4n) is 1.31. The van der Waals surface area contributed by atoms with Gasteiger partial charge >= 0.3 is 0 Å². The van der Waals surface area contributed by atoms with Gasteiger partial charge in [0.15, 0.2) is 0 Å². The molecule has 0 saturated heterocycles. The molecule has 0 spiro atoms. The maximum absolute atomic E-state index is 5.63. The predicted molar refractivity (Wildman–Crippen MR) is 72.1 cm³/mol. The number of halogens is 1. The van der Waals surface area contributed by atoms with E-state index in [2.05, 4.69) is 22.5 Å². The smallest absolute Gasteiger partial charge is 0.123 e. The van der Waals surface area contributed by atoms with Crippen molar-refractivity contribution < 1.29 is 14.2 Å². The Hall–Kier alpha value is -1.00. The van der Waals surface area contributed by atoms with E-state index < -0.39 is 0 Å². The minimum atomic E-state index is 0.528. The summed E-state index contributed by atoms with van der Waals surface area (Å²) in [6.45, 7) is 5.21. The Morgan fingerprint density at radius 2 is 2.18 bits per heavy atom. The van der Waals surface area contributed by atoms with Gasteiger partial charge in [-0.05, 0) is 18.2 Å². The van der Waals surface area contributed by atoms with Crippen LogP contribution < -0.4 is 9.47 Å². The van der Waals surface area contributed by atoms with Crippen LogP contribution in [-0.4, -0.2) is 26.9 Å². The highest BCUT2D eigenvalue weighted by Gasteiger charge is 2.04. The summed E-state index contributed by atoms with van der Waals surface area (Å²) in [5.41, 5.74) is 1.06. The van der Waals surface area contributed by atoms with Gasteiger partial charge in [-0.3, -0.25) is 0 Å². The highest BCUT2D eigenvalue weighted by atomic mass is 79.9. The first kappa shape index (κ1) is 14.1. The quantitative estimate of drug-likeness (QED) is 0.419. The Kier molecular flexibility index (Phi) is 6.74. The van der Waals surface area contributed by atoms with E-state index >= 15 is 0 Å². The Labute approximate surface area is 111 Å². The van der Waals surface area contributed by atoms with Crippen molar-refractivity contribution in [1.29, 1.82) is 0 Å². The molecule has 17 heavy (non-hydrogen) atoms. The monoisotopic (exact) mass is 300 g/mol.